The van der Waals surface area contributed by atoms with Gasteiger partial charge in [0.25, 0.3) is 0 Å². The van der Waals surface area contributed by atoms with Crippen molar-refractivity contribution in [3.05, 3.63) is 0 Å². The fourth-order valence-corrected chi connectivity index (χ4v) is 6.87. The molecule has 4 nitrogen and oxygen atoms in total. The molecular formula is C22H36N2O2. The lowest BCUT2D eigenvalue weighted by atomic mass is 9.65. The minimum absolute atomic E-state index is 0.154. The molecule has 26 heavy (non-hydrogen) atoms. The van der Waals surface area contributed by atoms with Gasteiger partial charge >= 0.3 is 0 Å². The maximum absolute atomic E-state index is 13.7. The first-order valence-electron chi connectivity index (χ1n) is 11.2. The first-order chi connectivity index (χ1) is 12.6. The van der Waals surface area contributed by atoms with Gasteiger partial charge in [0.2, 0.25) is 11.8 Å². The lowest BCUT2D eigenvalue weighted by Crippen LogP contribution is -2.67. The van der Waals surface area contributed by atoms with E-state index in [1.165, 1.54) is 51.4 Å². The molecule has 5 unspecified atom stereocenters. The molecule has 0 bridgehead atoms. The van der Waals surface area contributed by atoms with E-state index in [-0.39, 0.29) is 30.0 Å². The van der Waals surface area contributed by atoms with Crippen molar-refractivity contribution in [1.29, 1.82) is 0 Å². The maximum Gasteiger partial charge on any atom is 0.226 e. The van der Waals surface area contributed by atoms with E-state index < -0.39 is 0 Å². The van der Waals surface area contributed by atoms with Gasteiger partial charge in [0.1, 0.15) is 0 Å². The minimum atomic E-state index is 0.154. The number of rotatable bonds is 1. The van der Waals surface area contributed by atoms with Crippen LogP contribution in [0.25, 0.3) is 0 Å². The Balaban J connectivity index is 1.55. The smallest absolute Gasteiger partial charge is 0.226 e. The van der Waals surface area contributed by atoms with Crippen LogP contribution in [0.2, 0.25) is 0 Å². The van der Waals surface area contributed by atoms with E-state index >= 15 is 0 Å². The Hall–Kier alpha value is -1.06. The number of hydrogen-bond donors (Lipinski definition) is 0. The second-order valence-electron chi connectivity index (χ2n) is 9.43. The zero-order valence-corrected chi connectivity index (χ0v) is 16.7. The third-order valence-electron chi connectivity index (χ3n) is 7.93. The predicted octanol–water partition coefficient (Wildman–Crippen LogP) is 3.98. The van der Waals surface area contributed by atoms with Crippen LogP contribution in [0.3, 0.4) is 0 Å². The largest absolute Gasteiger partial charge is 0.335 e. The summed E-state index contributed by atoms with van der Waals surface area (Å²) in [6.07, 6.45) is 13.5. The third kappa shape index (κ3) is 3.18. The molecule has 0 aromatic carbocycles. The van der Waals surface area contributed by atoms with Crippen molar-refractivity contribution >= 4 is 11.8 Å². The molecule has 0 N–H and O–H groups in total. The van der Waals surface area contributed by atoms with Crippen molar-refractivity contribution in [3.8, 4) is 0 Å². The molecule has 0 aromatic rings. The number of carbonyl (C=O) groups excluding carboxylic acids is 2. The quantitative estimate of drug-likeness (QED) is 0.709. The summed E-state index contributed by atoms with van der Waals surface area (Å²) in [6.45, 7) is 4.58. The van der Waals surface area contributed by atoms with E-state index in [1.54, 1.807) is 6.92 Å². The van der Waals surface area contributed by atoms with Gasteiger partial charge in [-0.1, -0.05) is 44.9 Å². The first-order valence-corrected chi connectivity index (χ1v) is 11.2. The van der Waals surface area contributed by atoms with Crippen molar-refractivity contribution in [2.24, 2.45) is 17.8 Å². The number of nitrogens with zero attached hydrogens (tertiary/aromatic N) is 2. The van der Waals surface area contributed by atoms with Gasteiger partial charge in [-0.05, 0) is 44.4 Å². The lowest BCUT2D eigenvalue weighted by Gasteiger charge is -2.54. The van der Waals surface area contributed by atoms with Crippen molar-refractivity contribution in [1.82, 2.24) is 9.80 Å². The second kappa shape index (κ2) is 7.52. The van der Waals surface area contributed by atoms with E-state index in [0.29, 0.717) is 11.8 Å². The summed E-state index contributed by atoms with van der Waals surface area (Å²) in [4.78, 5) is 30.3. The van der Waals surface area contributed by atoms with Crippen LogP contribution < -0.4 is 0 Å². The molecule has 0 aromatic heterocycles. The molecule has 4 fully saturated rings. The highest BCUT2D eigenvalue weighted by Gasteiger charge is 2.47. The van der Waals surface area contributed by atoms with Crippen LogP contribution in [-0.2, 0) is 9.59 Å². The Bertz CT molecular complexity index is 546. The van der Waals surface area contributed by atoms with Crippen LogP contribution in [0.1, 0.15) is 84.5 Å². The molecule has 0 spiro atoms. The highest BCUT2D eigenvalue weighted by molar-refractivity contribution is 5.81. The summed E-state index contributed by atoms with van der Waals surface area (Å²) in [5, 5.41) is 0. The Morgan fingerprint density at radius 2 is 1.46 bits per heavy atom. The standard InChI is InChI=1S/C22H36N2O2/c1-15-14-23(20-12-5-6-13-21(20)24(15)16(2)25)22(26)19-11-7-9-17-8-3-4-10-18(17)19/h15,17-21H,3-14H2,1-2H3/t15-,17?,18?,19?,20?,21?/m0/s1. The molecule has 0 radical (unpaired) electrons. The highest BCUT2D eigenvalue weighted by Crippen LogP contribution is 2.45. The molecule has 1 heterocycles. The monoisotopic (exact) mass is 360 g/mol. The molecule has 4 rings (SSSR count). The van der Waals surface area contributed by atoms with Crippen LogP contribution in [0.5, 0.6) is 0 Å². The normalized spacial score (nSPS) is 40.5. The zero-order chi connectivity index (χ0) is 18.3. The van der Waals surface area contributed by atoms with Crippen LogP contribution >= 0.6 is 0 Å². The SMILES string of the molecule is CC(=O)N1C2CCCCC2N(C(=O)C2CCCC3CCCCC32)C[C@@H]1C. The zero-order valence-electron chi connectivity index (χ0n) is 16.7. The third-order valence-corrected chi connectivity index (χ3v) is 7.93. The summed E-state index contributed by atoms with van der Waals surface area (Å²) in [5.41, 5.74) is 0. The molecule has 4 heteroatoms. The second-order valence-corrected chi connectivity index (χ2v) is 9.43. The molecule has 6 atom stereocenters. The van der Waals surface area contributed by atoms with Gasteiger partial charge in [0.15, 0.2) is 0 Å². The molecule has 4 aliphatic rings. The van der Waals surface area contributed by atoms with E-state index in [2.05, 4.69) is 16.7 Å². The maximum atomic E-state index is 13.7. The number of fused-ring (bicyclic) bond motifs is 2. The Labute approximate surface area is 158 Å². The molecule has 3 saturated carbocycles. The summed E-state index contributed by atoms with van der Waals surface area (Å²) in [6, 6.07) is 0.668. The lowest BCUT2D eigenvalue weighted by molar-refractivity contribution is -0.158. The van der Waals surface area contributed by atoms with E-state index in [1.807, 2.05) is 0 Å². The van der Waals surface area contributed by atoms with Crippen molar-refractivity contribution in [2.45, 2.75) is 103 Å². The van der Waals surface area contributed by atoms with Gasteiger partial charge in [-0.25, -0.2) is 0 Å². The van der Waals surface area contributed by atoms with Crippen LogP contribution in [0.4, 0.5) is 0 Å². The van der Waals surface area contributed by atoms with Gasteiger partial charge < -0.3 is 9.80 Å². The summed E-state index contributed by atoms with van der Waals surface area (Å²) >= 11 is 0. The number of carbonyl (C=O) groups is 2. The molecule has 2 amide bonds. The summed E-state index contributed by atoms with van der Waals surface area (Å²) < 4.78 is 0. The fourth-order valence-electron chi connectivity index (χ4n) is 6.87. The molecular weight excluding hydrogens is 324 g/mol. The Kier molecular flexibility index (Phi) is 5.29. The molecule has 1 saturated heterocycles. The van der Waals surface area contributed by atoms with Crippen molar-refractivity contribution in [2.75, 3.05) is 6.54 Å². The number of amides is 2. The summed E-state index contributed by atoms with van der Waals surface area (Å²) in [5.74, 6) is 2.31. The van der Waals surface area contributed by atoms with E-state index in [4.69, 9.17) is 0 Å². The van der Waals surface area contributed by atoms with Crippen molar-refractivity contribution in [3.63, 3.8) is 0 Å². The molecule has 146 valence electrons. The fraction of sp³-hybridized carbons (Fsp3) is 0.909. The van der Waals surface area contributed by atoms with Gasteiger partial charge in [0, 0.05) is 25.4 Å². The summed E-state index contributed by atoms with van der Waals surface area (Å²) in [7, 11) is 0. The van der Waals surface area contributed by atoms with Gasteiger partial charge in [0.05, 0.1) is 12.1 Å². The van der Waals surface area contributed by atoms with E-state index in [0.717, 1.165) is 31.7 Å². The Morgan fingerprint density at radius 1 is 0.808 bits per heavy atom. The van der Waals surface area contributed by atoms with Crippen molar-refractivity contribution < 1.29 is 9.59 Å². The van der Waals surface area contributed by atoms with E-state index in [9.17, 15) is 9.59 Å². The van der Waals surface area contributed by atoms with Crippen LogP contribution in [-0.4, -0.2) is 46.3 Å². The average molecular weight is 361 g/mol. The van der Waals surface area contributed by atoms with Crippen LogP contribution in [0.15, 0.2) is 0 Å². The topological polar surface area (TPSA) is 40.6 Å². The number of piperazine rings is 1. The Morgan fingerprint density at radius 3 is 2.23 bits per heavy atom. The minimum Gasteiger partial charge on any atom is -0.335 e. The highest BCUT2D eigenvalue weighted by atomic mass is 16.2. The van der Waals surface area contributed by atoms with Gasteiger partial charge in [-0.3, -0.25) is 9.59 Å². The predicted molar refractivity (Wildman–Crippen MR) is 103 cm³/mol. The van der Waals surface area contributed by atoms with Gasteiger partial charge in [-0.2, -0.15) is 0 Å². The number of hydrogen-bond acceptors (Lipinski definition) is 2. The molecule has 3 aliphatic carbocycles. The van der Waals surface area contributed by atoms with Gasteiger partial charge in [-0.15, -0.1) is 0 Å². The van der Waals surface area contributed by atoms with Crippen LogP contribution in [0, 0.1) is 17.8 Å². The average Bonchev–Trinajstić information content (AvgIpc) is 2.66. The first kappa shape index (κ1) is 18.3. The molecule has 1 aliphatic heterocycles.